The van der Waals surface area contributed by atoms with Crippen molar-refractivity contribution in [2.45, 2.75) is 15.9 Å². The van der Waals surface area contributed by atoms with Gasteiger partial charge >= 0.3 is 0 Å². The fourth-order valence-electron chi connectivity index (χ4n) is 1.86. The SMILES string of the molecule is O=S(=O)(c1ccccc1)c1ccccc1NCC(O)CCl. The van der Waals surface area contributed by atoms with Crippen LogP contribution < -0.4 is 5.32 Å². The summed E-state index contributed by atoms with van der Waals surface area (Å²) in [5.74, 6) is 0.0839. The molecule has 0 fully saturated rings. The molecular weight excluding hydrogens is 310 g/mol. The summed E-state index contributed by atoms with van der Waals surface area (Å²) in [6, 6.07) is 14.8. The van der Waals surface area contributed by atoms with Crippen LogP contribution >= 0.6 is 11.6 Å². The summed E-state index contributed by atoms with van der Waals surface area (Å²) in [7, 11) is -3.60. The fourth-order valence-corrected chi connectivity index (χ4v) is 3.42. The molecule has 0 aliphatic rings. The molecule has 2 N–H and O–H groups in total. The molecule has 0 bridgehead atoms. The number of alkyl halides is 1. The minimum atomic E-state index is -3.60. The average molecular weight is 326 g/mol. The van der Waals surface area contributed by atoms with Crippen LogP contribution in [0.15, 0.2) is 64.4 Å². The van der Waals surface area contributed by atoms with Gasteiger partial charge in [0.25, 0.3) is 0 Å². The second-order valence-electron chi connectivity index (χ2n) is 4.50. The van der Waals surface area contributed by atoms with Gasteiger partial charge in [0, 0.05) is 6.54 Å². The first-order valence-corrected chi connectivity index (χ1v) is 8.44. The number of para-hydroxylation sites is 1. The number of rotatable bonds is 6. The smallest absolute Gasteiger partial charge is 0.208 e. The van der Waals surface area contributed by atoms with Gasteiger partial charge in [-0.2, -0.15) is 0 Å². The minimum absolute atomic E-state index is 0.0839. The van der Waals surface area contributed by atoms with E-state index < -0.39 is 15.9 Å². The highest BCUT2D eigenvalue weighted by molar-refractivity contribution is 7.91. The number of aliphatic hydroxyl groups is 1. The van der Waals surface area contributed by atoms with E-state index in [9.17, 15) is 13.5 Å². The third-order valence-corrected chi connectivity index (χ3v) is 5.12. The van der Waals surface area contributed by atoms with Crippen LogP contribution in [-0.4, -0.2) is 32.1 Å². The Hall–Kier alpha value is -1.56. The Morgan fingerprint density at radius 3 is 2.33 bits per heavy atom. The molecule has 112 valence electrons. The normalized spacial score (nSPS) is 12.9. The van der Waals surface area contributed by atoms with Crippen LogP contribution in [0.25, 0.3) is 0 Å². The first-order valence-electron chi connectivity index (χ1n) is 6.43. The Morgan fingerprint density at radius 2 is 1.67 bits per heavy atom. The molecule has 1 unspecified atom stereocenters. The third-order valence-electron chi connectivity index (χ3n) is 2.94. The standard InChI is InChI=1S/C15H16ClNO3S/c16-10-12(18)11-17-14-8-4-5-9-15(14)21(19,20)13-6-2-1-3-7-13/h1-9,12,17-18H,10-11H2. The summed E-state index contributed by atoms with van der Waals surface area (Å²) in [6.07, 6.45) is -0.737. The van der Waals surface area contributed by atoms with Crippen molar-refractivity contribution in [1.82, 2.24) is 0 Å². The highest BCUT2D eigenvalue weighted by Gasteiger charge is 2.20. The van der Waals surface area contributed by atoms with Crippen molar-refractivity contribution < 1.29 is 13.5 Å². The number of benzene rings is 2. The summed E-state index contributed by atoms with van der Waals surface area (Å²) in [5.41, 5.74) is 0.450. The number of aliphatic hydroxyl groups excluding tert-OH is 1. The van der Waals surface area contributed by atoms with E-state index in [1.165, 1.54) is 6.07 Å². The van der Waals surface area contributed by atoms with E-state index in [4.69, 9.17) is 11.6 Å². The molecule has 4 nitrogen and oxygen atoms in total. The zero-order chi connectivity index (χ0) is 15.3. The molecule has 0 amide bonds. The molecule has 21 heavy (non-hydrogen) atoms. The van der Waals surface area contributed by atoms with Crippen molar-refractivity contribution in [2.75, 3.05) is 17.7 Å². The maximum atomic E-state index is 12.6. The molecule has 2 aromatic carbocycles. The average Bonchev–Trinajstić information content (AvgIpc) is 2.53. The second-order valence-corrected chi connectivity index (χ2v) is 6.73. The van der Waals surface area contributed by atoms with Gasteiger partial charge in [-0.3, -0.25) is 0 Å². The zero-order valence-electron chi connectivity index (χ0n) is 11.2. The highest BCUT2D eigenvalue weighted by Crippen LogP contribution is 2.27. The summed E-state index contributed by atoms with van der Waals surface area (Å²) < 4.78 is 25.3. The van der Waals surface area contributed by atoms with E-state index in [-0.39, 0.29) is 22.2 Å². The van der Waals surface area contributed by atoms with Crippen molar-refractivity contribution in [1.29, 1.82) is 0 Å². The number of halogens is 1. The number of anilines is 1. The number of hydrogen-bond acceptors (Lipinski definition) is 4. The Bertz CT molecular complexity index is 689. The topological polar surface area (TPSA) is 66.4 Å². The Kier molecular flexibility index (Phi) is 5.22. The molecule has 6 heteroatoms. The van der Waals surface area contributed by atoms with Crippen LogP contribution in [0, 0.1) is 0 Å². The van der Waals surface area contributed by atoms with Gasteiger partial charge in [-0.25, -0.2) is 8.42 Å². The lowest BCUT2D eigenvalue weighted by Crippen LogP contribution is -2.21. The van der Waals surface area contributed by atoms with Gasteiger partial charge in [-0.1, -0.05) is 30.3 Å². The van der Waals surface area contributed by atoms with Crippen molar-refractivity contribution >= 4 is 27.1 Å². The van der Waals surface area contributed by atoms with Crippen molar-refractivity contribution in [2.24, 2.45) is 0 Å². The summed E-state index contributed by atoms with van der Waals surface area (Å²) in [6.45, 7) is 0.185. The Morgan fingerprint density at radius 1 is 1.05 bits per heavy atom. The summed E-state index contributed by atoms with van der Waals surface area (Å²) in [4.78, 5) is 0.412. The lowest BCUT2D eigenvalue weighted by atomic mass is 10.3. The molecular formula is C15H16ClNO3S. The summed E-state index contributed by atoms with van der Waals surface area (Å²) >= 11 is 5.54. The predicted octanol–water partition coefficient (Wildman–Crippen LogP) is 2.53. The van der Waals surface area contributed by atoms with Crippen LogP contribution in [0.5, 0.6) is 0 Å². The molecule has 0 aliphatic carbocycles. The molecule has 0 saturated carbocycles. The van der Waals surface area contributed by atoms with E-state index >= 15 is 0 Å². The molecule has 0 radical (unpaired) electrons. The Balaban J connectivity index is 2.36. The van der Waals surface area contributed by atoms with Gasteiger partial charge in [-0.05, 0) is 24.3 Å². The van der Waals surface area contributed by atoms with Gasteiger partial charge < -0.3 is 10.4 Å². The Labute approximate surface area is 129 Å². The van der Waals surface area contributed by atoms with Crippen LogP contribution in [0.1, 0.15) is 0 Å². The number of nitrogens with one attached hydrogen (secondary N) is 1. The molecule has 0 heterocycles. The fraction of sp³-hybridized carbons (Fsp3) is 0.200. The number of sulfone groups is 1. The second kappa shape index (κ2) is 6.93. The van der Waals surface area contributed by atoms with Gasteiger partial charge in [0.1, 0.15) is 0 Å². The van der Waals surface area contributed by atoms with Gasteiger partial charge in [0.05, 0.1) is 27.5 Å². The lowest BCUT2D eigenvalue weighted by molar-refractivity contribution is 0.211. The first kappa shape index (κ1) is 15.8. The van der Waals surface area contributed by atoms with Crippen LogP contribution in [0.2, 0.25) is 0 Å². The molecule has 0 aliphatic heterocycles. The molecule has 0 saturated heterocycles. The van der Waals surface area contributed by atoms with Gasteiger partial charge in [0.2, 0.25) is 9.84 Å². The number of hydrogen-bond donors (Lipinski definition) is 2. The van der Waals surface area contributed by atoms with Crippen molar-refractivity contribution in [3.05, 3.63) is 54.6 Å². The van der Waals surface area contributed by atoms with E-state index in [1.807, 2.05) is 0 Å². The van der Waals surface area contributed by atoms with E-state index in [0.29, 0.717) is 5.69 Å². The van der Waals surface area contributed by atoms with Crippen molar-refractivity contribution in [3.8, 4) is 0 Å². The zero-order valence-corrected chi connectivity index (χ0v) is 12.8. The minimum Gasteiger partial charge on any atom is -0.390 e. The monoisotopic (exact) mass is 325 g/mol. The van der Waals surface area contributed by atoms with E-state index in [1.54, 1.807) is 48.5 Å². The van der Waals surface area contributed by atoms with Crippen LogP contribution in [0.3, 0.4) is 0 Å². The first-order chi connectivity index (χ1) is 10.1. The highest BCUT2D eigenvalue weighted by atomic mass is 35.5. The third kappa shape index (κ3) is 3.75. The lowest BCUT2D eigenvalue weighted by Gasteiger charge is -2.14. The quantitative estimate of drug-likeness (QED) is 0.801. The van der Waals surface area contributed by atoms with Crippen molar-refractivity contribution in [3.63, 3.8) is 0 Å². The van der Waals surface area contributed by atoms with Crippen LogP contribution in [0.4, 0.5) is 5.69 Å². The largest absolute Gasteiger partial charge is 0.390 e. The molecule has 2 aromatic rings. The molecule has 0 spiro atoms. The summed E-state index contributed by atoms with van der Waals surface area (Å²) in [5, 5.41) is 12.4. The maximum Gasteiger partial charge on any atom is 0.208 e. The van der Waals surface area contributed by atoms with Gasteiger partial charge in [-0.15, -0.1) is 11.6 Å². The maximum absolute atomic E-state index is 12.6. The molecule has 1 atom stereocenters. The van der Waals surface area contributed by atoms with E-state index in [2.05, 4.69) is 5.32 Å². The van der Waals surface area contributed by atoms with E-state index in [0.717, 1.165) is 0 Å². The van der Waals surface area contributed by atoms with Crippen LogP contribution in [-0.2, 0) is 9.84 Å². The molecule has 0 aromatic heterocycles. The predicted molar refractivity (Wildman–Crippen MR) is 83.6 cm³/mol. The van der Waals surface area contributed by atoms with Gasteiger partial charge in [0.15, 0.2) is 0 Å². The molecule has 2 rings (SSSR count).